The number of ketones is 1. The molecule has 0 aliphatic rings. The molecule has 0 rings (SSSR count). The molecule has 0 fully saturated rings. The van der Waals surface area contributed by atoms with Crippen molar-refractivity contribution >= 4 is 5.78 Å². The van der Waals surface area contributed by atoms with Crippen LogP contribution in [0.2, 0.25) is 0 Å². The predicted octanol–water partition coefficient (Wildman–Crippen LogP) is 1.52. The third-order valence-corrected chi connectivity index (χ3v) is 1.26. The van der Waals surface area contributed by atoms with E-state index in [4.69, 9.17) is 0 Å². The second-order valence-electron chi connectivity index (χ2n) is 3.81. The Kier molecular flexibility index (Phi) is 3.46. The van der Waals surface area contributed by atoms with Crippen molar-refractivity contribution in [1.82, 2.24) is 5.32 Å². The lowest BCUT2D eigenvalue weighted by molar-refractivity contribution is -0.115. The average molecular weight is 155 g/mol. The zero-order valence-corrected chi connectivity index (χ0v) is 7.82. The van der Waals surface area contributed by atoms with Gasteiger partial charge in [-0.2, -0.15) is 0 Å². The van der Waals surface area contributed by atoms with Crippen molar-refractivity contribution < 1.29 is 4.79 Å². The van der Waals surface area contributed by atoms with Crippen LogP contribution in [0.3, 0.4) is 0 Å². The molecule has 0 aromatic heterocycles. The first kappa shape index (κ1) is 10.4. The fourth-order valence-electron chi connectivity index (χ4n) is 0.496. The van der Waals surface area contributed by atoms with Crippen molar-refractivity contribution in [3.63, 3.8) is 0 Å². The summed E-state index contributed by atoms with van der Waals surface area (Å²) >= 11 is 0. The molecule has 0 saturated heterocycles. The van der Waals surface area contributed by atoms with Crippen LogP contribution in [0.5, 0.6) is 0 Å². The maximum atomic E-state index is 11.0. The van der Waals surface area contributed by atoms with E-state index in [9.17, 15) is 4.79 Å². The summed E-state index contributed by atoms with van der Waals surface area (Å²) in [5.74, 6) is 0.0833. The lowest BCUT2D eigenvalue weighted by Crippen LogP contribution is -2.39. The van der Waals surface area contributed by atoms with Gasteiger partial charge in [-0.3, -0.25) is 4.79 Å². The van der Waals surface area contributed by atoms with E-state index in [1.807, 2.05) is 20.8 Å². The summed E-state index contributed by atoms with van der Waals surface area (Å²) in [6.07, 6.45) is 0. The highest BCUT2D eigenvalue weighted by molar-refractivity contribution is 5.95. The molecule has 0 saturated carbocycles. The van der Waals surface area contributed by atoms with Gasteiger partial charge in [-0.05, 0) is 33.3 Å². The Labute approximate surface area is 68.7 Å². The second-order valence-corrected chi connectivity index (χ2v) is 3.81. The van der Waals surface area contributed by atoms with Gasteiger partial charge in [0, 0.05) is 5.54 Å². The van der Waals surface area contributed by atoms with Crippen LogP contribution in [-0.2, 0) is 4.79 Å². The van der Waals surface area contributed by atoms with E-state index < -0.39 is 0 Å². The van der Waals surface area contributed by atoms with Gasteiger partial charge in [-0.25, -0.2) is 0 Å². The molecule has 0 unspecified atom stereocenters. The number of carbonyl (C=O) groups is 1. The average Bonchev–Trinajstić information content (AvgIpc) is 1.80. The predicted molar refractivity (Wildman–Crippen MR) is 47.6 cm³/mol. The molecule has 64 valence electrons. The highest BCUT2D eigenvalue weighted by Gasteiger charge is 2.10. The molecule has 0 heterocycles. The molecule has 0 atom stereocenters. The van der Waals surface area contributed by atoms with Gasteiger partial charge in [0.1, 0.15) is 0 Å². The van der Waals surface area contributed by atoms with Crippen molar-refractivity contribution in [3.8, 4) is 0 Å². The fourth-order valence-corrected chi connectivity index (χ4v) is 0.496. The van der Waals surface area contributed by atoms with Gasteiger partial charge in [0.15, 0.2) is 5.78 Å². The Bertz CT molecular complexity index is 165. The minimum absolute atomic E-state index is 0.00507. The summed E-state index contributed by atoms with van der Waals surface area (Å²) < 4.78 is 0. The number of rotatable bonds is 3. The Morgan fingerprint density at radius 3 is 2.18 bits per heavy atom. The zero-order chi connectivity index (χ0) is 9.07. The highest BCUT2D eigenvalue weighted by atomic mass is 16.1. The van der Waals surface area contributed by atoms with Gasteiger partial charge in [-0.15, -0.1) is 0 Å². The zero-order valence-electron chi connectivity index (χ0n) is 7.82. The Morgan fingerprint density at radius 1 is 1.45 bits per heavy atom. The van der Waals surface area contributed by atoms with Gasteiger partial charge in [-0.1, -0.05) is 6.58 Å². The molecular formula is C9H17NO. The standard InChI is InChI=1S/C9H17NO/c1-7(2)8(11)6-10-9(3,4)5/h10H,1,6H2,2-5H3. The van der Waals surface area contributed by atoms with E-state index in [2.05, 4.69) is 11.9 Å². The van der Waals surface area contributed by atoms with E-state index in [1.54, 1.807) is 6.92 Å². The third-order valence-electron chi connectivity index (χ3n) is 1.26. The lowest BCUT2D eigenvalue weighted by atomic mass is 10.1. The first-order chi connectivity index (χ1) is 4.83. The maximum absolute atomic E-state index is 11.0. The van der Waals surface area contributed by atoms with Crippen LogP contribution in [0.4, 0.5) is 0 Å². The summed E-state index contributed by atoms with van der Waals surface area (Å²) in [5, 5.41) is 3.09. The summed E-state index contributed by atoms with van der Waals surface area (Å²) in [6, 6.07) is 0. The van der Waals surface area contributed by atoms with Crippen LogP contribution in [0.25, 0.3) is 0 Å². The largest absolute Gasteiger partial charge is 0.305 e. The summed E-state index contributed by atoms with van der Waals surface area (Å²) in [5.41, 5.74) is 0.618. The molecule has 11 heavy (non-hydrogen) atoms. The Hall–Kier alpha value is -0.630. The lowest BCUT2D eigenvalue weighted by Gasteiger charge is -2.19. The minimum atomic E-state index is 0.00507. The summed E-state index contributed by atoms with van der Waals surface area (Å²) in [6.45, 7) is 11.8. The van der Waals surface area contributed by atoms with Crippen LogP contribution < -0.4 is 5.32 Å². The van der Waals surface area contributed by atoms with Crippen molar-refractivity contribution in [2.75, 3.05) is 6.54 Å². The maximum Gasteiger partial charge on any atom is 0.171 e. The Balaban J connectivity index is 3.73. The highest BCUT2D eigenvalue weighted by Crippen LogP contribution is 1.98. The fraction of sp³-hybridized carbons (Fsp3) is 0.667. The molecule has 0 bridgehead atoms. The van der Waals surface area contributed by atoms with Gasteiger partial charge >= 0.3 is 0 Å². The van der Waals surface area contributed by atoms with E-state index in [1.165, 1.54) is 0 Å². The van der Waals surface area contributed by atoms with Crippen LogP contribution >= 0.6 is 0 Å². The second kappa shape index (κ2) is 3.67. The molecular weight excluding hydrogens is 138 g/mol. The van der Waals surface area contributed by atoms with Crippen LogP contribution in [0.1, 0.15) is 27.7 Å². The monoisotopic (exact) mass is 155 g/mol. The van der Waals surface area contributed by atoms with Crippen molar-refractivity contribution in [1.29, 1.82) is 0 Å². The normalized spacial score (nSPS) is 11.3. The number of nitrogens with one attached hydrogen (secondary N) is 1. The molecule has 0 aromatic rings. The minimum Gasteiger partial charge on any atom is -0.305 e. The smallest absolute Gasteiger partial charge is 0.171 e. The number of hydrogen-bond donors (Lipinski definition) is 1. The quantitative estimate of drug-likeness (QED) is 0.626. The topological polar surface area (TPSA) is 29.1 Å². The SMILES string of the molecule is C=C(C)C(=O)CNC(C)(C)C. The molecule has 0 aliphatic heterocycles. The number of hydrogen-bond acceptors (Lipinski definition) is 2. The van der Waals surface area contributed by atoms with Crippen molar-refractivity contribution in [2.45, 2.75) is 33.2 Å². The first-order valence-electron chi connectivity index (χ1n) is 3.76. The molecule has 0 spiro atoms. The van der Waals surface area contributed by atoms with E-state index in [0.717, 1.165) is 0 Å². The van der Waals surface area contributed by atoms with Gasteiger partial charge in [0.05, 0.1) is 6.54 Å². The van der Waals surface area contributed by atoms with Crippen molar-refractivity contribution in [2.24, 2.45) is 0 Å². The van der Waals surface area contributed by atoms with E-state index in [-0.39, 0.29) is 11.3 Å². The number of Topliss-reactive ketones (excluding diaryl/α,β-unsaturated/α-hetero) is 1. The molecule has 0 aliphatic carbocycles. The summed E-state index contributed by atoms with van der Waals surface area (Å²) in [7, 11) is 0. The number of carbonyl (C=O) groups excluding carboxylic acids is 1. The van der Waals surface area contributed by atoms with E-state index in [0.29, 0.717) is 12.1 Å². The van der Waals surface area contributed by atoms with Crippen LogP contribution in [0.15, 0.2) is 12.2 Å². The first-order valence-corrected chi connectivity index (χ1v) is 3.76. The van der Waals surface area contributed by atoms with Crippen LogP contribution in [-0.4, -0.2) is 17.9 Å². The molecule has 2 heteroatoms. The molecule has 1 N–H and O–H groups in total. The van der Waals surface area contributed by atoms with E-state index >= 15 is 0 Å². The van der Waals surface area contributed by atoms with Gasteiger partial charge < -0.3 is 5.32 Å². The molecule has 0 amide bonds. The van der Waals surface area contributed by atoms with Gasteiger partial charge in [0.2, 0.25) is 0 Å². The Morgan fingerprint density at radius 2 is 1.91 bits per heavy atom. The molecule has 0 aromatic carbocycles. The molecule has 2 nitrogen and oxygen atoms in total. The van der Waals surface area contributed by atoms with Gasteiger partial charge in [0.25, 0.3) is 0 Å². The summed E-state index contributed by atoms with van der Waals surface area (Å²) in [4.78, 5) is 11.0. The molecule has 0 radical (unpaired) electrons. The van der Waals surface area contributed by atoms with Crippen LogP contribution in [0, 0.1) is 0 Å². The van der Waals surface area contributed by atoms with Crippen molar-refractivity contribution in [3.05, 3.63) is 12.2 Å². The third kappa shape index (κ3) is 5.80.